The van der Waals surface area contributed by atoms with Crippen LogP contribution in [-0.4, -0.2) is 29.9 Å². The predicted molar refractivity (Wildman–Crippen MR) is 38.4 cm³/mol. The second-order valence-corrected chi connectivity index (χ2v) is 2.28. The van der Waals surface area contributed by atoms with Gasteiger partial charge in [-0.15, -0.1) is 0 Å². The van der Waals surface area contributed by atoms with Crippen LogP contribution < -0.4 is 0 Å². The lowest BCUT2D eigenvalue weighted by Crippen LogP contribution is -2.25. The lowest BCUT2D eigenvalue weighted by atomic mass is 10.0. The number of hydrogen-bond acceptors (Lipinski definition) is 4. The molecule has 0 bridgehead atoms. The van der Waals surface area contributed by atoms with Gasteiger partial charge in [0.1, 0.15) is 11.7 Å². The number of hydrogen-bond donors (Lipinski definition) is 1. The summed E-state index contributed by atoms with van der Waals surface area (Å²) < 4.78 is 4.25. The smallest absolute Gasteiger partial charge is 0.316 e. The first-order valence-corrected chi connectivity index (χ1v) is 3.29. The Morgan fingerprint density at radius 3 is 2.17 bits per heavy atom. The van der Waals surface area contributed by atoms with Crippen LogP contribution in [0.15, 0.2) is 0 Å². The van der Waals surface area contributed by atoms with Gasteiger partial charge in [0, 0.05) is 0 Å². The zero-order chi connectivity index (χ0) is 9.72. The van der Waals surface area contributed by atoms with Crippen LogP contribution in [0.4, 0.5) is 0 Å². The predicted octanol–water partition coefficient (Wildman–Crippen LogP) is -0.161. The van der Waals surface area contributed by atoms with Crippen LogP contribution in [0.1, 0.15) is 13.3 Å². The van der Waals surface area contributed by atoms with Crippen molar-refractivity contribution < 1.29 is 24.2 Å². The zero-order valence-electron chi connectivity index (χ0n) is 6.86. The number of carboxylic acids is 1. The number of rotatable bonds is 4. The third kappa shape index (κ3) is 3.14. The molecule has 0 amide bonds. The van der Waals surface area contributed by atoms with Gasteiger partial charge in [0.2, 0.25) is 0 Å². The summed E-state index contributed by atoms with van der Waals surface area (Å²) in [6.45, 7) is 1.16. The van der Waals surface area contributed by atoms with E-state index in [0.717, 1.165) is 14.0 Å². The number of carboxylic acid groups (broad SMARTS) is 1. The van der Waals surface area contributed by atoms with Crippen LogP contribution in [0, 0.1) is 5.92 Å². The third-order valence-electron chi connectivity index (χ3n) is 1.36. The maximum atomic E-state index is 10.8. The van der Waals surface area contributed by atoms with Crippen LogP contribution >= 0.6 is 0 Å². The van der Waals surface area contributed by atoms with Crippen LogP contribution in [0.3, 0.4) is 0 Å². The first kappa shape index (κ1) is 10.6. The highest BCUT2D eigenvalue weighted by atomic mass is 16.5. The van der Waals surface area contributed by atoms with E-state index in [1.54, 1.807) is 0 Å². The molecule has 0 aliphatic rings. The number of ketones is 1. The van der Waals surface area contributed by atoms with Crippen molar-refractivity contribution in [3.05, 3.63) is 0 Å². The van der Waals surface area contributed by atoms with Gasteiger partial charge in [-0.1, -0.05) is 0 Å². The molecule has 1 unspecified atom stereocenters. The number of methoxy groups -OCH3 is 1. The Morgan fingerprint density at radius 1 is 1.42 bits per heavy atom. The Balaban J connectivity index is 4.33. The van der Waals surface area contributed by atoms with Crippen molar-refractivity contribution in [1.29, 1.82) is 0 Å². The Kier molecular flexibility index (Phi) is 3.96. The quantitative estimate of drug-likeness (QED) is 0.473. The molecule has 5 heteroatoms. The van der Waals surface area contributed by atoms with Crippen LogP contribution in [0.2, 0.25) is 0 Å². The molecule has 0 spiro atoms. The number of aliphatic carboxylic acids is 1. The molecule has 0 heterocycles. The fourth-order valence-corrected chi connectivity index (χ4v) is 0.710. The summed E-state index contributed by atoms with van der Waals surface area (Å²) in [4.78, 5) is 31.7. The van der Waals surface area contributed by atoms with Gasteiger partial charge >= 0.3 is 11.9 Å². The van der Waals surface area contributed by atoms with Gasteiger partial charge in [-0.2, -0.15) is 0 Å². The summed E-state index contributed by atoms with van der Waals surface area (Å²) in [5.41, 5.74) is 0. The maximum absolute atomic E-state index is 10.8. The molecule has 0 aromatic rings. The summed E-state index contributed by atoms with van der Waals surface area (Å²) in [6, 6.07) is 0. The SMILES string of the molecule is COC(=O)C(CC(=O)O)C(C)=O. The van der Waals surface area contributed by atoms with Gasteiger partial charge in [-0.25, -0.2) is 0 Å². The van der Waals surface area contributed by atoms with Crippen molar-refractivity contribution in [3.8, 4) is 0 Å². The van der Waals surface area contributed by atoms with E-state index < -0.39 is 30.1 Å². The van der Waals surface area contributed by atoms with Gasteiger partial charge in [0.25, 0.3) is 0 Å². The Morgan fingerprint density at radius 2 is 1.92 bits per heavy atom. The summed E-state index contributed by atoms with van der Waals surface area (Å²) >= 11 is 0. The topological polar surface area (TPSA) is 80.7 Å². The van der Waals surface area contributed by atoms with Crippen molar-refractivity contribution in [2.24, 2.45) is 5.92 Å². The Bertz CT molecular complexity index is 208. The third-order valence-corrected chi connectivity index (χ3v) is 1.36. The summed E-state index contributed by atoms with van der Waals surface area (Å²) in [5, 5.41) is 8.32. The number of esters is 1. The second-order valence-electron chi connectivity index (χ2n) is 2.28. The van der Waals surface area contributed by atoms with E-state index in [-0.39, 0.29) is 0 Å². The molecule has 5 nitrogen and oxygen atoms in total. The van der Waals surface area contributed by atoms with Crippen LogP contribution in [0.5, 0.6) is 0 Å². The van der Waals surface area contributed by atoms with E-state index in [1.807, 2.05) is 0 Å². The minimum absolute atomic E-state index is 0.496. The van der Waals surface area contributed by atoms with Crippen molar-refractivity contribution in [2.75, 3.05) is 7.11 Å². The number of Topliss-reactive ketones (excluding diaryl/α,β-unsaturated/α-hetero) is 1. The Labute approximate surface area is 69.3 Å². The van der Waals surface area contributed by atoms with Crippen LogP contribution in [0.25, 0.3) is 0 Å². The maximum Gasteiger partial charge on any atom is 0.316 e. The highest BCUT2D eigenvalue weighted by molar-refractivity contribution is 6.00. The van der Waals surface area contributed by atoms with E-state index in [1.165, 1.54) is 0 Å². The first-order valence-electron chi connectivity index (χ1n) is 3.29. The molecule has 0 radical (unpaired) electrons. The zero-order valence-corrected chi connectivity index (χ0v) is 6.86. The van der Waals surface area contributed by atoms with Gasteiger partial charge in [-0.3, -0.25) is 14.4 Å². The molecule has 0 rings (SSSR count). The minimum Gasteiger partial charge on any atom is -0.481 e. The van der Waals surface area contributed by atoms with Crippen molar-refractivity contribution in [3.63, 3.8) is 0 Å². The summed E-state index contributed by atoms with van der Waals surface area (Å²) in [6.07, 6.45) is -0.512. The van der Waals surface area contributed by atoms with Gasteiger partial charge in [0.05, 0.1) is 13.5 Å². The molecule has 0 saturated heterocycles. The largest absolute Gasteiger partial charge is 0.481 e. The highest BCUT2D eigenvalue weighted by Crippen LogP contribution is 2.06. The standard InChI is InChI=1S/C7H10O5/c1-4(8)5(3-6(9)10)7(11)12-2/h5H,3H2,1-2H3,(H,9,10). The van der Waals surface area contributed by atoms with Crippen molar-refractivity contribution >= 4 is 17.7 Å². The lowest BCUT2D eigenvalue weighted by Gasteiger charge is -2.07. The first-order chi connectivity index (χ1) is 5.49. The highest BCUT2D eigenvalue weighted by Gasteiger charge is 2.26. The molecule has 0 aromatic heterocycles. The average molecular weight is 174 g/mol. The lowest BCUT2D eigenvalue weighted by molar-refractivity contribution is -0.154. The molecule has 1 N–H and O–H groups in total. The number of carbonyl (C=O) groups is 3. The minimum atomic E-state index is -1.19. The average Bonchev–Trinajstić information content (AvgIpc) is 1.98. The van der Waals surface area contributed by atoms with E-state index in [2.05, 4.69) is 4.74 Å². The molecule has 12 heavy (non-hydrogen) atoms. The fraction of sp³-hybridized carbons (Fsp3) is 0.571. The monoisotopic (exact) mass is 174 g/mol. The summed E-state index contributed by atoms with van der Waals surface area (Å²) in [5.74, 6) is -3.66. The molecule has 68 valence electrons. The van der Waals surface area contributed by atoms with E-state index >= 15 is 0 Å². The van der Waals surface area contributed by atoms with Gasteiger partial charge < -0.3 is 9.84 Å². The van der Waals surface area contributed by atoms with Crippen molar-refractivity contribution in [1.82, 2.24) is 0 Å². The molecule has 0 saturated carbocycles. The van der Waals surface area contributed by atoms with E-state index in [9.17, 15) is 14.4 Å². The van der Waals surface area contributed by atoms with E-state index in [4.69, 9.17) is 5.11 Å². The van der Waals surface area contributed by atoms with Gasteiger partial charge in [-0.05, 0) is 6.92 Å². The fourth-order valence-electron chi connectivity index (χ4n) is 0.710. The van der Waals surface area contributed by atoms with Gasteiger partial charge in [0.15, 0.2) is 0 Å². The molecular formula is C7H10O5. The van der Waals surface area contributed by atoms with E-state index in [0.29, 0.717) is 0 Å². The molecule has 1 atom stereocenters. The summed E-state index contributed by atoms with van der Waals surface area (Å²) in [7, 11) is 1.11. The molecular weight excluding hydrogens is 164 g/mol. The van der Waals surface area contributed by atoms with Crippen LogP contribution in [-0.2, 0) is 19.1 Å². The second kappa shape index (κ2) is 4.48. The Hall–Kier alpha value is -1.39. The molecule has 0 aromatic carbocycles. The molecule has 0 aliphatic carbocycles. The number of ether oxygens (including phenoxy) is 1. The normalized spacial score (nSPS) is 11.8. The molecule has 0 aliphatic heterocycles. The van der Waals surface area contributed by atoms with Crippen molar-refractivity contribution in [2.45, 2.75) is 13.3 Å². The number of carbonyl (C=O) groups excluding carboxylic acids is 2. The molecule has 0 fully saturated rings.